The van der Waals surface area contributed by atoms with Crippen molar-refractivity contribution in [1.82, 2.24) is 4.90 Å². The van der Waals surface area contributed by atoms with Crippen molar-refractivity contribution >= 4 is 0 Å². The second-order valence-electron chi connectivity index (χ2n) is 4.21. The molecular weight excluding hydrogens is 186 g/mol. The van der Waals surface area contributed by atoms with Gasteiger partial charge in [-0.05, 0) is 31.0 Å². The van der Waals surface area contributed by atoms with Crippen molar-refractivity contribution in [1.29, 1.82) is 0 Å². The van der Waals surface area contributed by atoms with Gasteiger partial charge in [0, 0.05) is 0 Å². The van der Waals surface area contributed by atoms with E-state index in [1.165, 1.54) is 5.56 Å². The Morgan fingerprint density at radius 3 is 2.93 bits per heavy atom. The molecule has 1 aromatic carbocycles. The van der Waals surface area contributed by atoms with Crippen LogP contribution in [0.4, 0.5) is 0 Å². The van der Waals surface area contributed by atoms with Crippen molar-refractivity contribution in [3.8, 4) is 0 Å². The molecule has 1 atom stereocenters. The first kappa shape index (κ1) is 10.7. The first-order valence-electron chi connectivity index (χ1n) is 5.52. The zero-order valence-corrected chi connectivity index (χ0v) is 9.06. The molecule has 0 radical (unpaired) electrons. The van der Waals surface area contributed by atoms with E-state index in [2.05, 4.69) is 42.3 Å². The molecule has 2 heteroatoms. The van der Waals surface area contributed by atoms with Crippen molar-refractivity contribution in [2.45, 2.75) is 6.42 Å². The molecule has 1 saturated heterocycles. The fraction of sp³-hybridized carbons (Fsp3) is 0.462. The molecule has 0 bridgehead atoms. The molecule has 1 heterocycles. The molecule has 2 rings (SSSR count). The predicted octanol–water partition coefficient (Wildman–Crippen LogP) is 1.97. The molecule has 0 spiro atoms. The molecule has 1 unspecified atom stereocenters. The summed E-state index contributed by atoms with van der Waals surface area (Å²) >= 11 is 0. The molecule has 2 nitrogen and oxygen atoms in total. The third-order valence-electron chi connectivity index (χ3n) is 2.79. The zero-order valence-electron chi connectivity index (χ0n) is 9.06. The largest absolute Gasteiger partial charge is 0.457 e. The van der Waals surface area contributed by atoms with Gasteiger partial charge in [-0.25, -0.2) is 0 Å². The van der Waals surface area contributed by atoms with E-state index in [0.717, 1.165) is 32.7 Å². The molecule has 0 aromatic heterocycles. The van der Waals surface area contributed by atoms with Crippen LogP contribution in [-0.2, 0) is 11.2 Å². The van der Waals surface area contributed by atoms with E-state index in [1.807, 2.05) is 0 Å². The Morgan fingerprint density at radius 2 is 2.13 bits per heavy atom. The van der Waals surface area contributed by atoms with Crippen LogP contribution in [0.15, 0.2) is 30.3 Å². The van der Waals surface area contributed by atoms with Crippen molar-refractivity contribution in [3.63, 3.8) is 0 Å². The maximum Gasteiger partial charge on any atom is 0.0569 e. The van der Waals surface area contributed by atoms with Gasteiger partial charge in [0.15, 0.2) is 0 Å². The van der Waals surface area contributed by atoms with Crippen LogP contribution in [0.25, 0.3) is 0 Å². The minimum atomic E-state index is 0.576. The lowest BCUT2D eigenvalue weighted by atomic mass is 10.00. The Bertz CT molecular complexity index is 286. The Morgan fingerprint density at radius 1 is 1.33 bits per heavy atom. The summed E-state index contributed by atoms with van der Waals surface area (Å²) in [6, 6.07) is 10.6. The van der Waals surface area contributed by atoms with Crippen molar-refractivity contribution in [3.05, 3.63) is 42.9 Å². The fourth-order valence-electron chi connectivity index (χ4n) is 2.02. The molecule has 82 valence electrons. The molecule has 1 fully saturated rings. The van der Waals surface area contributed by atoms with Gasteiger partial charge in [-0.1, -0.05) is 30.3 Å². The van der Waals surface area contributed by atoms with Crippen molar-refractivity contribution in [2.24, 2.45) is 5.92 Å². The van der Waals surface area contributed by atoms with E-state index in [0.29, 0.717) is 5.92 Å². The van der Waals surface area contributed by atoms with E-state index < -0.39 is 0 Å². The van der Waals surface area contributed by atoms with Crippen molar-refractivity contribution < 1.29 is 4.74 Å². The van der Waals surface area contributed by atoms with Gasteiger partial charge in [-0.3, -0.25) is 7.05 Å². The van der Waals surface area contributed by atoms with E-state index in [1.54, 1.807) is 0 Å². The lowest BCUT2D eigenvalue weighted by Gasteiger charge is -2.25. The molecule has 15 heavy (non-hydrogen) atoms. The monoisotopic (exact) mass is 204 g/mol. The summed E-state index contributed by atoms with van der Waals surface area (Å²) < 4.78 is 5.57. The summed E-state index contributed by atoms with van der Waals surface area (Å²) in [5.74, 6) is 0.576. The third kappa shape index (κ3) is 3.33. The van der Waals surface area contributed by atoms with Gasteiger partial charge in [0.1, 0.15) is 0 Å². The first-order valence-corrected chi connectivity index (χ1v) is 5.52. The van der Waals surface area contributed by atoms with E-state index in [-0.39, 0.29) is 0 Å². The predicted molar refractivity (Wildman–Crippen MR) is 61.4 cm³/mol. The van der Waals surface area contributed by atoms with Gasteiger partial charge >= 0.3 is 0 Å². The zero-order chi connectivity index (χ0) is 10.5. The second kappa shape index (κ2) is 5.29. The van der Waals surface area contributed by atoms with Crippen LogP contribution in [0.5, 0.6) is 0 Å². The number of nitrogens with zero attached hydrogens (tertiary/aromatic N) is 1. The van der Waals surface area contributed by atoms with Crippen LogP contribution in [0.1, 0.15) is 5.56 Å². The number of hydrogen-bond donors (Lipinski definition) is 0. The van der Waals surface area contributed by atoms with Gasteiger partial charge in [-0.15, -0.1) is 0 Å². The average Bonchev–Trinajstić information content (AvgIpc) is 2.44. The quantitative estimate of drug-likeness (QED) is 0.683. The highest BCUT2D eigenvalue weighted by Crippen LogP contribution is 2.13. The van der Waals surface area contributed by atoms with Crippen LogP contribution in [0.3, 0.4) is 0 Å². The molecular formula is C13H18NO-. The molecule has 1 aliphatic rings. The highest BCUT2D eigenvalue weighted by atomic mass is 16.5. The smallest absolute Gasteiger partial charge is 0.0569 e. The van der Waals surface area contributed by atoms with E-state index in [9.17, 15) is 0 Å². The van der Waals surface area contributed by atoms with Gasteiger partial charge in [0.25, 0.3) is 0 Å². The number of rotatable bonds is 2. The van der Waals surface area contributed by atoms with Crippen LogP contribution in [-0.4, -0.2) is 31.2 Å². The lowest BCUT2D eigenvalue weighted by Crippen LogP contribution is -2.25. The second-order valence-corrected chi connectivity index (χ2v) is 4.21. The summed E-state index contributed by atoms with van der Waals surface area (Å²) in [7, 11) is 4.00. The minimum Gasteiger partial charge on any atom is -0.457 e. The number of hydrogen-bond acceptors (Lipinski definition) is 2. The lowest BCUT2D eigenvalue weighted by molar-refractivity contribution is 0.122. The summed E-state index contributed by atoms with van der Waals surface area (Å²) in [5, 5.41) is 0. The van der Waals surface area contributed by atoms with Crippen LogP contribution in [0, 0.1) is 13.0 Å². The normalized spacial score (nSPS) is 23.7. The SMILES string of the molecule is [CH2-]N1CCOCC(Cc2ccccc2)C1. The third-order valence-corrected chi connectivity index (χ3v) is 2.79. The Balaban J connectivity index is 1.93. The number of benzene rings is 1. The van der Waals surface area contributed by atoms with Gasteiger partial charge in [0.05, 0.1) is 13.2 Å². The Labute approximate surface area is 91.9 Å². The molecule has 0 amide bonds. The maximum atomic E-state index is 5.57. The number of ether oxygens (including phenoxy) is 1. The standard InChI is InChI=1S/C13H18NO/c1-14-7-8-15-11-13(10-14)9-12-5-3-2-4-6-12/h2-6,13H,1,7-11H2/q-1. The van der Waals surface area contributed by atoms with Gasteiger partial charge < -0.3 is 9.64 Å². The van der Waals surface area contributed by atoms with E-state index >= 15 is 0 Å². The van der Waals surface area contributed by atoms with Gasteiger partial charge in [-0.2, -0.15) is 0 Å². The molecule has 0 saturated carbocycles. The summed E-state index contributed by atoms with van der Waals surface area (Å²) in [4.78, 5) is 2.11. The maximum absolute atomic E-state index is 5.57. The van der Waals surface area contributed by atoms with Crippen LogP contribution >= 0.6 is 0 Å². The van der Waals surface area contributed by atoms with Crippen molar-refractivity contribution in [2.75, 3.05) is 26.3 Å². The van der Waals surface area contributed by atoms with E-state index in [4.69, 9.17) is 4.74 Å². The Kier molecular flexibility index (Phi) is 3.75. The Hall–Kier alpha value is -0.860. The summed E-state index contributed by atoms with van der Waals surface area (Å²) in [5.41, 5.74) is 1.39. The highest BCUT2D eigenvalue weighted by Gasteiger charge is 2.13. The van der Waals surface area contributed by atoms with Gasteiger partial charge in [0.2, 0.25) is 0 Å². The topological polar surface area (TPSA) is 12.5 Å². The molecule has 0 N–H and O–H groups in total. The van der Waals surface area contributed by atoms with Crippen LogP contribution < -0.4 is 0 Å². The summed E-state index contributed by atoms with van der Waals surface area (Å²) in [6.07, 6.45) is 1.09. The summed E-state index contributed by atoms with van der Waals surface area (Å²) in [6.45, 7) is 3.66. The fourth-order valence-corrected chi connectivity index (χ4v) is 2.02. The molecule has 1 aromatic rings. The molecule has 0 aliphatic carbocycles. The minimum absolute atomic E-state index is 0.576. The first-order chi connectivity index (χ1) is 7.34. The van der Waals surface area contributed by atoms with Crippen LogP contribution in [0.2, 0.25) is 0 Å². The average molecular weight is 204 g/mol. The molecule has 1 aliphatic heterocycles. The highest BCUT2D eigenvalue weighted by molar-refractivity contribution is 5.15.